The van der Waals surface area contributed by atoms with Crippen molar-refractivity contribution in [3.8, 4) is 11.4 Å². The van der Waals surface area contributed by atoms with E-state index in [2.05, 4.69) is 20.5 Å². The molecule has 0 fully saturated rings. The molecule has 0 bridgehead atoms. The van der Waals surface area contributed by atoms with Crippen LogP contribution >= 0.6 is 0 Å². The van der Waals surface area contributed by atoms with E-state index in [9.17, 15) is 4.79 Å². The summed E-state index contributed by atoms with van der Waals surface area (Å²) in [6.45, 7) is 0.516. The average molecular weight is 316 g/mol. The molecule has 0 radical (unpaired) electrons. The van der Waals surface area contributed by atoms with Gasteiger partial charge in [0.15, 0.2) is 0 Å². The van der Waals surface area contributed by atoms with Gasteiger partial charge in [-0.3, -0.25) is 9.89 Å². The van der Waals surface area contributed by atoms with Gasteiger partial charge in [0.2, 0.25) is 0 Å². The Balaban J connectivity index is 1.55. The summed E-state index contributed by atoms with van der Waals surface area (Å²) in [6, 6.07) is 19.5. The Morgan fingerprint density at radius 1 is 1.00 bits per heavy atom. The van der Waals surface area contributed by atoms with Gasteiger partial charge in [-0.15, -0.1) is 0 Å². The van der Waals surface area contributed by atoms with E-state index in [-0.39, 0.29) is 5.91 Å². The lowest BCUT2D eigenvalue weighted by Gasteiger charge is -2.05. The lowest BCUT2D eigenvalue weighted by molar-refractivity contribution is 0.0951. The summed E-state index contributed by atoms with van der Waals surface area (Å²) < 4.78 is 0. The topological polar surface area (TPSA) is 73.6 Å². The van der Waals surface area contributed by atoms with Crippen molar-refractivity contribution in [2.75, 3.05) is 0 Å². The maximum atomic E-state index is 12.4. The zero-order chi connectivity index (χ0) is 16.4. The molecule has 118 valence electrons. The highest BCUT2D eigenvalue weighted by atomic mass is 16.1. The molecule has 0 aliphatic carbocycles. The van der Waals surface area contributed by atoms with Gasteiger partial charge in [-0.1, -0.05) is 36.4 Å². The van der Waals surface area contributed by atoms with Crippen LogP contribution in [-0.2, 0) is 6.54 Å². The Bertz CT molecular complexity index is 971. The van der Waals surface area contributed by atoms with Crippen molar-refractivity contribution in [3.63, 3.8) is 0 Å². The molecule has 0 aliphatic rings. The van der Waals surface area contributed by atoms with Gasteiger partial charge in [-0.2, -0.15) is 5.10 Å². The van der Waals surface area contributed by atoms with Crippen molar-refractivity contribution in [3.05, 3.63) is 78.0 Å². The molecule has 5 heteroatoms. The highest BCUT2D eigenvalue weighted by molar-refractivity contribution is 5.98. The molecule has 2 heterocycles. The second-order valence-electron chi connectivity index (χ2n) is 5.62. The highest BCUT2D eigenvalue weighted by Gasteiger charge is 2.09. The summed E-state index contributed by atoms with van der Waals surface area (Å²) in [7, 11) is 0. The number of hydrogen-bond acceptors (Lipinski definition) is 2. The van der Waals surface area contributed by atoms with Gasteiger partial charge in [-0.25, -0.2) is 0 Å². The second kappa shape index (κ2) is 6.04. The third kappa shape index (κ3) is 2.79. The van der Waals surface area contributed by atoms with Gasteiger partial charge in [0.25, 0.3) is 5.91 Å². The van der Waals surface area contributed by atoms with E-state index in [1.54, 1.807) is 6.20 Å². The van der Waals surface area contributed by atoms with E-state index < -0.39 is 0 Å². The Morgan fingerprint density at radius 3 is 2.67 bits per heavy atom. The predicted molar refractivity (Wildman–Crippen MR) is 93.5 cm³/mol. The minimum atomic E-state index is -0.0848. The quantitative estimate of drug-likeness (QED) is 0.539. The maximum Gasteiger partial charge on any atom is 0.251 e. The zero-order valence-corrected chi connectivity index (χ0v) is 12.9. The van der Waals surface area contributed by atoms with Gasteiger partial charge in [0, 0.05) is 29.2 Å². The zero-order valence-electron chi connectivity index (χ0n) is 12.9. The molecule has 0 aliphatic heterocycles. The number of hydrogen-bond donors (Lipinski definition) is 3. The smallest absolute Gasteiger partial charge is 0.251 e. The molecule has 0 saturated carbocycles. The van der Waals surface area contributed by atoms with Crippen molar-refractivity contribution >= 4 is 16.8 Å². The van der Waals surface area contributed by atoms with E-state index in [1.807, 2.05) is 60.7 Å². The Morgan fingerprint density at radius 2 is 1.88 bits per heavy atom. The van der Waals surface area contributed by atoms with Crippen LogP contribution in [0.3, 0.4) is 0 Å². The number of rotatable bonds is 4. The molecule has 24 heavy (non-hydrogen) atoms. The molecule has 4 rings (SSSR count). The van der Waals surface area contributed by atoms with Crippen LogP contribution < -0.4 is 5.32 Å². The van der Waals surface area contributed by atoms with Crippen LogP contribution in [0.25, 0.3) is 22.3 Å². The molecule has 2 aromatic heterocycles. The number of aromatic amines is 2. The summed E-state index contributed by atoms with van der Waals surface area (Å²) in [4.78, 5) is 15.7. The first kappa shape index (κ1) is 14.3. The van der Waals surface area contributed by atoms with Crippen molar-refractivity contribution in [1.29, 1.82) is 0 Å². The Labute approximate surface area is 138 Å². The van der Waals surface area contributed by atoms with Crippen molar-refractivity contribution in [1.82, 2.24) is 20.5 Å². The summed E-state index contributed by atoms with van der Waals surface area (Å²) in [5.74, 6) is -0.0848. The summed E-state index contributed by atoms with van der Waals surface area (Å²) in [5.41, 5.74) is 4.50. The molecule has 5 nitrogen and oxygen atoms in total. The number of aromatic nitrogens is 3. The first-order valence-electron chi connectivity index (χ1n) is 7.74. The molecule has 0 unspecified atom stereocenters. The van der Waals surface area contributed by atoms with Gasteiger partial charge in [0.1, 0.15) is 0 Å². The minimum Gasteiger partial charge on any atom is -0.353 e. The van der Waals surface area contributed by atoms with Crippen LogP contribution in [-0.4, -0.2) is 21.1 Å². The molecule has 1 amide bonds. The largest absolute Gasteiger partial charge is 0.353 e. The van der Waals surface area contributed by atoms with Crippen LogP contribution in [0.1, 0.15) is 15.9 Å². The van der Waals surface area contributed by atoms with Gasteiger partial charge in [-0.05, 0) is 29.8 Å². The van der Waals surface area contributed by atoms with E-state index in [4.69, 9.17) is 0 Å². The first-order chi connectivity index (χ1) is 11.8. The van der Waals surface area contributed by atoms with Gasteiger partial charge >= 0.3 is 0 Å². The summed E-state index contributed by atoms with van der Waals surface area (Å²) >= 11 is 0. The van der Waals surface area contributed by atoms with Gasteiger partial charge in [0.05, 0.1) is 11.4 Å². The van der Waals surface area contributed by atoms with Crippen molar-refractivity contribution < 1.29 is 4.79 Å². The molecular formula is C19H16N4O. The molecule has 0 spiro atoms. The maximum absolute atomic E-state index is 12.4. The number of H-pyrrole nitrogens is 2. The normalized spacial score (nSPS) is 10.8. The number of carbonyl (C=O) groups excluding carboxylic acids is 1. The van der Waals surface area contributed by atoms with Crippen molar-refractivity contribution in [2.24, 2.45) is 0 Å². The average Bonchev–Trinajstić information content (AvgIpc) is 3.28. The number of nitrogens with zero attached hydrogens (tertiary/aromatic N) is 1. The number of benzene rings is 2. The molecule has 2 aromatic carbocycles. The minimum absolute atomic E-state index is 0.0848. The standard InChI is InChI=1S/C19H16N4O/c24-19(20-12-13-4-2-1-3-5-13)15-7-6-14-10-18(22-17(14)11-15)16-8-9-21-23-16/h1-11,22H,12H2,(H,20,24)(H,21,23). The highest BCUT2D eigenvalue weighted by Crippen LogP contribution is 2.23. The fraction of sp³-hybridized carbons (Fsp3) is 0.0526. The van der Waals surface area contributed by atoms with Crippen LogP contribution in [0.4, 0.5) is 0 Å². The van der Waals surface area contributed by atoms with Crippen LogP contribution in [0.15, 0.2) is 66.9 Å². The summed E-state index contributed by atoms with van der Waals surface area (Å²) in [6.07, 6.45) is 1.71. The van der Waals surface area contributed by atoms with E-state index in [1.165, 1.54) is 0 Å². The van der Waals surface area contributed by atoms with Crippen LogP contribution in [0.2, 0.25) is 0 Å². The predicted octanol–water partition coefficient (Wildman–Crippen LogP) is 3.49. The first-order valence-corrected chi connectivity index (χ1v) is 7.74. The van der Waals surface area contributed by atoms with Crippen molar-refractivity contribution in [2.45, 2.75) is 6.54 Å². The van der Waals surface area contributed by atoms with E-state index >= 15 is 0 Å². The third-order valence-corrected chi connectivity index (χ3v) is 3.97. The number of nitrogens with one attached hydrogen (secondary N) is 3. The fourth-order valence-corrected chi connectivity index (χ4v) is 2.70. The summed E-state index contributed by atoms with van der Waals surface area (Å²) in [5, 5.41) is 10.9. The SMILES string of the molecule is O=C(NCc1ccccc1)c1ccc2cc(-c3ccn[nH]3)[nH]c2c1. The van der Waals surface area contributed by atoms with Crippen LogP contribution in [0.5, 0.6) is 0 Å². The molecule has 3 N–H and O–H groups in total. The molecule has 0 saturated heterocycles. The molecule has 0 atom stereocenters. The molecular weight excluding hydrogens is 300 g/mol. The number of carbonyl (C=O) groups is 1. The lowest BCUT2D eigenvalue weighted by Crippen LogP contribution is -2.22. The molecule has 4 aromatic rings. The third-order valence-electron chi connectivity index (χ3n) is 3.97. The Hall–Kier alpha value is -3.34. The second-order valence-corrected chi connectivity index (χ2v) is 5.62. The van der Waals surface area contributed by atoms with Gasteiger partial charge < -0.3 is 10.3 Å². The monoisotopic (exact) mass is 316 g/mol. The Kier molecular flexibility index (Phi) is 3.59. The van der Waals surface area contributed by atoms with E-state index in [0.717, 1.165) is 27.9 Å². The van der Waals surface area contributed by atoms with E-state index in [0.29, 0.717) is 12.1 Å². The lowest BCUT2D eigenvalue weighted by atomic mass is 10.1. The number of fused-ring (bicyclic) bond motifs is 1. The fourth-order valence-electron chi connectivity index (χ4n) is 2.70. The van der Waals surface area contributed by atoms with Crippen LogP contribution in [0, 0.1) is 0 Å². The number of amides is 1.